The van der Waals surface area contributed by atoms with Gasteiger partial charge in [0.1, 0.15) is 16.5 Å². The van der Waals surface area contributed by atoms with Crippen LogP contribution in [0.25, 0.3) is 22.5 Å². The third kappa shape index (κ3) is 3.84. The maximum atomic E-state index is 14.5. The Labute approximate surface area is 156 Å². The first-order chi connectivity index (χ1) is 12.6. The van der Waals surface area contributed by atoms with Crippen LogP contribution >= 0.6 is 11.6 Å². The summed E-state index contributed by atoms with van der Waals surface area (Å²) in [7, 11) is -4.01. The highest BCUT2D eigenvalue weighted by Crippen LogP contribution is 2.35. The lowest BCUT2D eigenvalue weighted by Gasteiger charge is -2.08. The van der Waals surface area contributed by atoms with Crippen molar-refractivity contribution in [3.8, 4) is 22.5 Å². The van der Waals surface area contributed by atoms with E-state index in [1.165, 1.54) is 24.3 Å². The Bertz CT molecular complexity index is 1110. The van der Waals surface area contributed by atoms with E-state index in [1.54, 1.807) is 0 Å². The summed E-state index contributed by atoms with van der Waals surface area (Å²) in [6.45, 7) is 0. The van der Waals surface area contributed by atoms with Crippen molar-refractivity contribution in [1.82, 2.24) is 9.97 Å². The number of sulfone groups is 1. The van der Waals surface area contributed by atoms with Gasteiger partial charge in [0.2, 0.25) is 0 Å². The number of aromatic amines is 1. The largest absolute Gasteiger partial charge is 0.337 e. The number of hydrogen-bond donors (Lipinski definition) is 1. The zero-order chi connectivity index (χ0) is 19.9. The number of alkyl halides is 2. The van der Waals surface area contributed by atoms with E-state index >= 15 is 0 Å². The van der Waals surface area contributed by atoms with Crippen molar-refractivity contribution >= 4 is 21.4 Å². The molecule has 1 N–H and O–H groups in total. The molecule has 4 nitrogen and oxygen atoms in total. The molecular formula is C17H11ClF4N2O2S. The van der Waals surface area contributed by atoms with Gasteiger partial charge in [-0.15, -0.1) is 0 Å². The molecule has 27 heavy (non-hydrogen) atoms. The van der Waals surface area contributed by atoms with E-state index < -0.39 is 44.2 Å². The van der Waals surface area contributed by atoms with E-state index in [4.69, 9.17) is 11.6 Å². The summed E-state index contributed by atoms with van der Waals surface area (Å²) in [6, 6.07) is 7.10. The molecule has 142 valence electrons. The molecule has 0 aliphatic rings. The summed E-state index contributed by atoms with van der Waals surface area (Å²) in [4.78, 5) is 5.24. The van der Waals surface area contributed by atoms with Gasteiger partial charge in [-0.05, 0) is 24.3 Å². The fourth-order valence-electron chi connectivity index (χ4n) is 2.51. The molecule has 3 rings (SSSR count). The molecule has 0 saturated carbocycles. The Morgan fingerprint density at radius 3 is 2.26 bits per heavy atom. The van der Waals surface area contributed by atoms with E-state index in [2.05, 4.69) is 9.97 Å². The summed E-state index contributed by atoms with van der Waals surface area (Å²) in [5.74, 6) is -3.06. The molecule has 0 spiro atoms. The SMILES string of the molecule is CS(=O)(=O)c1cc(F)c(-c2nc(C(F)F)[nH]c2-c2ccc(Cl)cc2)cc1F. The van der Waals surface area contributed by atoms with Crippen molar-refractivity contribution in [2.24, 2.45) is 0 Å². The van der Waals surface area contributed by atoms with Gasteiger partial charge >= 0.3 is 0 Å². The highest BCUT2D eigenvalue weighted by Gasteiger charge is 2.24. The predicted molar refractivity (Wildman–Crippen MR) is 92.5 cm³/mol. The van der Waals surface area contributed by atoms with Gasteiger partial charge < -0.3 is 4.98 Å². The number of hydrogen-bond acceptors (Lipinski definition) is 3. The number of nitrogens with one attached hydrogen (secondary N) is 1. The predicted octanol–water partition coefficient (Wildman–Crippen LogP) is 5.02. The lowest BCUT2D eigenvalue weighted by Crippen LogP contribution is -2.03. The zero-order valence-electron chi connectivity index (χ0n) is 13.6. The minimum Gasteiger partial charge on any atom is -0.337 e. The standard InChI is InChI=1S/C17H11ClF4N2O2S/c1-27(25,26)13-7-11(19)10(6-12(13)20)15-14(23-17(24-15)16(21)22)8-2-4-9(18)5-3-8/h2-7,16H,1H3,(H,23,24). The molecule has 2 aromatic carbocycles. The number of rotatable bonds is 4. The summed E-state index contributed by atoms with van der Waals surface area (Å²) in [5.41, 5.74) is -0.342. The molecule has 0 amide bonds. The molecule has 1 heterocycles. The van der Waals surface area contributed by atoms with Crippen LogP contribution in [-0.2, 0) is 9.84 Å². The van der Waals surface area contributed by atoms with Gasteiger partial charge in [0.05, 0.1) is 11.4 Å². The van der Waals surface area contributed by atoms with Crippen LogP contribution in [0.15, 0.2) is 41.3 Å². The minimum absolute atomic E-state index is 0.0207. The summed E-state index contributed by atoms with van der Waals surface area (Å²) < 4.78 is 78.0. The van der Waals surface area contributed by atoms with Crippen LogP contribution in [-0.4, -0.2) is 24.6 Å². The Balaban J connectivity index is 2.25. The van der Waals surface area contributed by atoms with Crippen molar-refractivity contribution in [1.29, 1.82) is 0 Å². The molecule has 0 atom stereocenters. The Kier molecular flexibility index (Phi) is 5.00. The van der Waals surface area contributed by atoms with Crippen LogP contribution in [0.3, 0.4) is 0 Å². The van der Waals surface area contributed by atoms with E-state index in [-0.39, 0.29) is 11.4 Å². The topological polar surface area (TPSA) is 62.8 Å². The number of nitrogens with zero attached hydrogens (tertiary/aromatic N) is 1. The maximum Gasteiger partial charge on any atom is 0.295 e. The van der Waals surface area contributed by atoms with Crippen LogP contribution in [0.4, 0.5) is 17.6 Å². The molecule has 0 aliphatic carbocycles. The summed E-state index contributed by atoms with van der Waals surface area (Å²) in [6.07, 6.45) is -2.25. The van der Waals surface area contributed by atoms with Gasteiger partial charge in [-0.1, -0.05) is 23.7 Å². The summed E-state index contributed by atoms with van der Waals surface area (Å²) >= 11 is 5.81. The molecule has 0 aliphatic heterocycles. The van der Waals surface area contributed by atoms with E-state index in [0.717, 1.165) is 6.26 Å². The lowest BCUT2D eigenvalue weighted by molar-refractivity contribution is 0.141. The van der Waals surface area contributed by atoms with Gasteiger partial charge in [0.25, 0.3) is 6.43 Å². The van der Waals surface area contributed by atoms with Crippen LogP contribution < -0.4 is 0 Å². The second kappa shape index (κ2) is 6.97. The average Bonchev–Trinajstić information content (AvgIpc) is 3.01. The van der Waals surface area contributed by atoms with Crippen molar-refractivity contribution in [3.63, 3.8) is 0 Å². The molecule has 0 saturated heterocycles. The number of H-pyrrole nitrogens is 1. The van der Waals surface area contributed by atoms with Crippen LogP contribution in [0.5, 0.6) is 0 Å². The highest BCUT2D eigenvalue weighted by atomic mass is 35.5. The third-order valence-corrected chi connectivity index (χ3v) is 5.10. The number of halogens is 5. The fourth-order valence-corrected chi connectivity index (χ4v) is 3.37. The van der Waals surface area contributed by atoms with Gasteiger partial charge in [-0.25, -0.2) is 31.0 Å². The molecule has 10 heteroatoms. The molecule has 0 bridgehead atoms. The molecule has 3 aromatic rings. The molecular weight excluding hydrogens is 408 g/mol. The first kappa shape index (κ1) is 19.4. The number of aromatic nitrogens is 2. The highest BCUT2D eigenvalue weighted by molar-refractivity contribution is 7.90. The molecule has 1 aromatic heterocycles. The second-order valence-corrected chi connectivity index (χ2v) is 8.11. The zero-order valence-corrected chi connectivity index (χ0v) is 15.2. The fraction of sp³-hybridized carbons (Fsp3) is 0.118. The van der Waals surface area contributed by atoms with Crippen molar-refractivity contribution < 1.29 is 26.0 Å². The number of benzene rings is 2. The van der Waals surface area contributed by atoms with Crippen LogP contribution in [0.2, 0.25) is 5.02 Å². The molecule has 0 fully saturated rings. The van der Waals surface area contributed by atoms with Crippen molar-refractivity contribution in [2.45, 2.75) is 11.3 Å². The van der Waals surface area contributed by atoms with Gasteiger partial charge in [0.15, 0.2) is 15.7 Å². The summed E-state index contributed by atoms with van der Waals surface area (Å²) in [5, 5.41) is 0.392. The lowest BCUT2D eigenvalue weighted by atomic mass is 10.0. The Hall–Kier alpha value is -2.39. The maximum absolute atomic E-state index is 14.5. The van der Waals surface area contributed by atoms with E-state index in [0.29, 0.717) is 22.7 Å². The Morgan fingerprint density at radius 1 is 1.07 bits per heavy atom. The second-order valence-electron chi connectivity index (χ2n) is 5.69. The monoisotopic (exact) mass is 418 g/mol. The Morgan fingerprint density at radius 2 is 1.70 bits per heavy atom. The third-order valence-electron chi connectivity index (χ3n) is 3.74. The van der Waals surface area contributed by atoms with Gasteiger partial charge in [-0.2, -0.15) is 0 Å². The van der Waals surface area contributed by atoms with E-state index in [9.17, 15) is 26.0 Å². The first-order valence-electron chi connectivity index (χ1n) is 7.41. The minimum atomic E-state index is -4.01. The van der Waals surface area contributed by atoms with Crippen molar-refractivity contribution in [3.05, 3.63) is 58.9 Å². The molecule has 0 radical (unpaired) electrons. The average molecular weight is 419 g/mol. The normalized spacial score (nSPS) is 12.0. The smallest absolute Gasteiger partial charge is 0.295 e. The molecule has 0 unspecified atom stereocenters. The van der Waals surface area contributed by atoms with E-state index in [1.807, 2.05) is 0 Å². The van der Waals surface area contributed by atoms with Crippen LogP contribution in [0, 0.1) is 11.6 Å². The van der Waals surface area contributed by atoms with Crippen molar-refractivity contribution in [2.75, 3.05) is 6.26 Å². The van der Waals surface area contributed by atoms with Crippen LogP contribution in [0.1, 0.15) is 12.2 Å². The quantitative estimate of drug-likeness (QED) is 0.605. The number of imidazole rings is 1. The van der Waals surface area contributed by atoms with Gasteiger partial charge in [-0.3, -0.25) is 0 Å². The first-order valence-corrected chi connectivity index (χ1v) is 9.68. The van der Waals surface area contributed by atoms with Gasteiger partial charge in [0, 0.05) is 22.4 Å².